The third-order valence-electron chi connectivity index (χ3n) is 7.06. The first-order valence-corrected chi connectivity index (χ1v) is 14.2. The van der Waals surface area contributed by atoms with Crippen LogP contribution >= 0.6 is 0 Å². The van der Waals surface area contributed by atoms with Crippen LogP contribution in [0.5, 0.6) is 0 Å². The lowest BCUT2D eigenvalue weighted by Crippen LogP contribution is -2.73. The van der Waals surface area contributed by atoms with Gasteiger partial charge in [0.05, 0.1) is 16.6 Å². The van der Waals surface area contributed by atoms with Gasteiger partial charge < -0.3 is 19.7 Å². The van der Waals surface area contributed by atoms with Gasteiger partial charge in [0.25, 0.3) is 5.91 Å². The summed E-state index contributed by atoms with van der Waals surface area (Å²) in [5.74, 6) is -1.50. The number of amides is 3. The number of nitrogens with one attached hydrogen (secondary N) is 1. The molecule has 10 nitrogen and oxygen atoms in total. The molecule has 2 aromatic carbocycles. The molecule has 0 spiro atoms. The molecule has 3 aliphatic heterocycles. The standard InChI is InChI=1S/C28H29N3O7S/c32-18-29-22-25(33)31-23(21(17-39(36)26(22)31)16-37-28(35)30-14-8-3-9-15-30)27(34)38-24(19-10-4-1-5-11-19)20-12-6-2-7-13-20/h1-2,4-7,10-13,18,22,24,26H,3,8-9,14-17H2,(H,29,32)/t22?,26-,39?/m1/s1. The highest BCUT2D eigenvalue weighted by Gasteiger charge is 2.57. The van der Waals surface area contributed by atoms with E-state index < -0.39 is 46.3 Å². The van der Waals surface area contributed by atoms with Crippen LogP contribution in [-0.4, -0.2) is 75.3 Å². The third-order valence-corrected chi connectivity index (χ3v) is 8.71. The third kappa shape index (κ3) is 5.44. The summed E-state index contributed by atoms with van der Waals surface area (Å²) in [6, 6.07) is 17.3. The molecule has 0 aliphatic carbocycles. The Morgan fingerprint density at radius 1 is 1.00 bits per heavy atom. The van der Waals surface area contributed by atoms with E-state index in [9.17, 15) is 23.4 Å². The maximum atomic E-state index is 13.8. The second-order valence-electron chi connectivity index (χ2n) is 9.55. The second kappa shape index (κ2) is 11.8. The van der Waals surface area contributed by atoms with Gasteiger partial charge in [0.15, 0.2) is 6.10 Å². The minimum absolute atomic E-state index is 0.100. The van der Waals surface area contributed by atoms with Gasteiger partial charge in [-0.25, -0.2) is 9.59 Å². The molecule has 2 unspecified atom stereocenters. The van der Waals surface area contributed by atoms with E-state index in [1.54, 1.807) is 4.90 Å². The average molecular weight is 552 g/mol. The summed E-state index contributed by atoms with van der Waals surface area (Å²) in [6.45, 7) is 0.857. The highest BCUT2D eigenvalue weighted by atomic mass is 32.2. The molecule has 11 heteroatoms. The molecule has 3 amide bonds. The maximum Gasteiger partial charge on any atom is 0.410 e. The zero-order chi connectivity index (χ0) is 27.4. The Morgan fingerprint density at radius 2 is 1.62 bits per heavy atom. The Kier molecular flexibility index (Phi) is 8.06. The van der Waals surface area contributed by atoms with E-state index in [0.717, 1.165) is 35.3 Å². The van der Waals surface area contributed by atoms with E-state index in [1.807, 2.05) is 60.7 Å². The van der Waals surface area contributed by atoms with E-state index in [0.29, 0.717) is 19.5 Å². The maximum absolute atomic E-state index is 13.8. The molecule has 3 heterocycles. The van der Waals surface area contributed by atoms with Crippen LogP contribution in [0, 0.1) is 0 Å². The normalized spacial score (nSPS) is 22.6. The number of nitrogens with zero attached hydrogens (tertiary/aromatic N) is 2. The number of ether oxygens (including phenoxy) is 2. The van der Waals surface area contributed by atoms with Crippen LogP contribution in [-0.2, 0) is 34.7 Å². The number of rotatable bonds is 8. The molecule has 2 aromatic rings. The van der Waals surface area contributed by atoms with Gasteiger partial charge in [-0.1, -0.05) is 60.7 Å². The topological polar surface area (TPSA) is 122 Å². The van der Waals surface area contributed by atoms with Crippen LogP contribution in [0.3, 0.4) is 0 Å². The van der Waals surface area contributed by atoms with Gasteiger partial charge in [-0.3, -0.25) is 18.7 Å². The molecule has 3 atom stereocenters. The van der Waals surface area contributed by atoms with Crippen LogP contribution < -0.4 is 5.32 Å². The number of carbonyl (C=O) groups is 4. The summed E-state index contributed by atoms with van der Waals surface area (Å²) in [5, 5.41) is 1.47. The van der Waals surface area contributed by atoms with Crippen LogP contribution in [0.1, 0.15) is 36.5 Å². The zero-order valence-corrected chi connectivity index (χ0v) is 22.0. The van der Waals surface area contributed by atoms with Crippen molar-refractivity contribution in [3.8, 4) is 0 Å². The fraction of sp³-hybridized carbons (Fsp3) is 0.357. The molecule has 1 N–H and O–H groups in total. The van der Waals surface area contributed by atoms with Crippen molar-refractivity contribution < 1.29 is 32.9 Å². The molecular weight excluding hydrogens is 522 g/mol. The molecule has 204 valence electrons. The van der Waals surface area contributed by atoms with Crippen molar-refractivity contribution in [1.29, 1.82) is 0 Å². The summed E-state index contributed by atoms with van der Waals surface area (Å²) in [5.41, 5.74) is 1.58. The van der Waals surface area contributed by atoms with Gasteiger partial charge in [-0.15, -0.1) is 0 Å². The minimum atomic E-state index is -1.64. The molecule has 2 saturated heterocycles. The van der Waals surface area contributed by atoms with Crippen molar-refractivity contribution in [3.05, 3.63) is 83.1 Å². The molecule has 0 bridgehead atoms. The van der Waals surface area contributed by atoms with Crippen molar-refractivity contribution in [2.75, 3.05) is 25.4 Å². The molecular formula is C28H29N3O7S. The second-order valence-corrected chi connectivity index (χ2v) is 11.1. The van der Waals surface area contributed by atoms with Crippen molar-refractivity contribution in [2.24, 2.45) is 0 Å². The SMILES string of the molecule is O=CNC1C(=O)N2C(C(=O)OC(c3ccccc3)c3ccccc3)=C(COC(=O)N3CCCCC3)CS(=O)[C@H]12. The smallest absolute Gasteiger partial charge is 0.410 e. The predicted molar refractivity (Wildman–Crippen MR) is 141 cm³/mol. The molecule has 39 heavy (non-hydrogen) atoms. The largest absolute Gasteiger partial charge is 0.448 e. The zero-order valence-electron chi connectivity index (χ0n) is 21.2. The first kappa shape index (κ1) is 26.6. The number of hydrogen-bond donors (Lipinski definition) is 1. The summed E-state index contributed by atoms with van der Waals surface area (Å²) < 4.78 is 24.6. The van der Waals surface area contributed by atoms with Crippen LogP contribution in [0.4, 0.5) is 4.79 Å². The van der Waals surface area contributed by atoms with Crippen molar-refractivity contribution >= 4 is 35.2 Å². The number of likely N-dealkylation sites (tertiary alicyclic amines) is 1. The Morgan fingerprint density at radius 3 is 2.21 bits per heavy atom. The van der Waals surface area contributed by atoms with Crippen LogP contribution in [0.15, 0.2) is 71.9 Å². The van der Waals surface area contributed by atoms with Gasteiger partial charge in [0.2, 0.25) is 6.41 Å². The molecule has 2 fully saturated rings. The number of carbonyl (C=O) groups excluding carboxylic acids is 4. The first-order chi connectivity index (χ1) is 19.0. The van der Waals surface area contributed by atoms with Crippen molar-refractivity contribution in [3.63, 3.8) is 0 Å². The lowest BCUT2D eigenvalue weighted by atomic mass is 10.0. The van der Waals surface area contributed by atoms with E-state index in [2.05, 4.69) is 5.32 Å². The lowest BCUT2D eigenvalue weighted by Gasteiger charge is -2.49. The summed E-state index contributed by atoms with van der Waals surface area (Å²) >= 11 is 0. The van der Waals surface area contributed by atoms with Crippen molar-refractivity contribution in [1.82, 2.24) is 15.1 Å². The number of hydrogen-bond acceptors (Lipinski definition) is 7. The summed E-state index contributed by atoms with van der Waals surface area (Å²) in [7, 11) is -1.64. The molecule has 0 aromatic heterocycles. The van der Waals surface area contributed by atoms with E-state index >= 15 is 0 Å². The van der Waals surface area contributed by atoms with Gasteiger partial charge in [-0.2, -0.15) is 0 Å². The Hall–Kier alpha value is -3.99. The molecule has 0 saturated carbocycles. The molecule has 5 rings (SSSR count). The fourth-order valence-corrected chi connectivity index (χ4v) is 6.79. The van der Waals surface area contributed by atoms with Crippen LogP contribution in [0.25, 0.3) is 0 Å². The number of piperidine rings is 1. The number of benzene rings is 2. The van der Waals surface area contributed by atoms with E-state index in [1.165, 1.54) is 0 Å². The Labute approximate surface area is 228 Å². The van der Waals surface area contributed by atoms with Gasteiger partial charge in [-0.05, 0) is 30.4 Å². The van der Waals surface area contributed by atoms with Crippen molar-refractivity contribution in [2.45, 2.75) is 36.8 Å². The van der Waals surface area contributed by atoms with E-state index in [4.69, 9.17) is 9.47 Å². The monoisotopic (exact) mass is 551 g/mol. The number of esters is 1. The number of β-lactam (4-membered cyclic amide) rings is 1. The molecule has 3 aliphatic rings. The lowest BCUT2D eigenvalue weighted by molar-refractivity contribution is -0.154. The predicted octanol–water partition coefficient (Wildman–Crippen LogP) is 2.24. The quantitative estimate of drug-likeness (QED) is 0.303. The highest BCUT2D eigenvalue weighted by molar-refractivity contribution is 7.86. The van der Waals surface area contributed by atoms with E-state index in [-0.39, 0.29) is 23.6 Å². The summed E-state index contributed by atoms with van der Waals surface area (Å²) in [4.78, 5) is 53.3. The van der Waals surface area contributed by atoms with Crippen LogP contribution in [0.2, 0.25) is 0 Å². The van der Waals surface area contributed by atoms with Gasteiger partial charge >= 0.3 is 12.1 Å². The summed E-state index contributed by atoms with van der Waals surface area (Å²) in [6.07, 6.45) is 1.88. The van der Waals surface area contributed by atoms with Gasteiger partial charge in [0.1, 0.15) is 23.7 Å². The Bertz CT molecular complexity index is 1260. The minimum Gasteiger partial charge on any atom is -0.448 e. The fourth-order valence-electron chi connectivity index (χ4n) is 5.11. The first-order valence-electron chi connectivity index (χ1n) is 12.8. The highest BCUT2D eigenvalue weighted by Crippen LogP contribution is 2.37. The number of fused-ring (bicyclic) bond motifs is 1. The Balaban J connectivity index is 1.46. The van der Waals surface area contributed by atoms with Gasteiger partial charge in [0, 0.05) is 18.7 Å². The molecule has 0 radical (unpaired) electrons. The average Bonchev–Trinajstić information content (AvgIpc) is 2.98.